The Bertz CT molecular complexity index is 342. The second-order valence-corrected chi connectivity index (χ2v) is 4.15. The van der Waals surface area contributed by atoms with Gasteiger partial charge in [0.2, 0.25) is 0 Å². The average molecular weight is 245 g/mol. The fourth-order valence-corrected chi connectivity index (χ4v) is 1.87. The number of nitrogens with zero attached hydrogens (tertiary/aromatic N) is 3. The normalized spacial score (nSPS) is 12.6. The zero-order valence-electron chi connectivity index (χ0n) is 9.29. The van der Waals surface area contributed by atoms with E-state index < -0.39 is 5.97 Å². The maximum atomic E-state index is 10.4. The number of carboxylic acid groups (broad SMARTS) is 1. The van der Waals surface area contributed by atoms with Crippen LogP contribution in [0.1, 0.15) is 19.9 Å². The molecule has 0 aliphatic rings. The predicted molar refractivity (Wildman–Crippen MR) is 59.6 cm³/mol. The van der Waals surface area contributed by atoms with Gasteiger partial charge in [-0.1, -0.05) is 11.8 Å². The summed E-state index contributed by atoms with van der Waals surface area (Å²) in [7, 11) is 0. The van der Waals surface area contributed by atoms with Crippen LogP contribution in [0.5, 0.6) is 0 Å². The predicted octanol–water partition coefficient (Wildman–Crippen LogP) is 1.05. The van der Waals surface area contributed by atoms with Crippen LogP contribution in [-0.4, -0.2) is 44.8 Å². The Kier molecular flexibility index (Phi) is 5.27. The molecule has 1 rings (SSSR count). The Hall–Kier alpha value is -1.08. The molecule has 0 fully saturated rings. The Morgan fingerprint density at radius 3 is 3.12 bits per heavy atom. The summed E-state index contributed by atoms with van der Waals surface area (Å²) < 4.78 is 7.12. The van der Waals surface area contributed by atoms with Crippen LogP contribution in [0.4, 0.5) is 0 Å². The van der Waals surface area contributed by atoms with Crippen LogP contribution >= 0.6 is 11.8 Å². The summed E-state index contributed by atoms with van der Waals surface area (Å²) in [5, 5.41) is 16.8. The number of hydrogen-bond acceptors (Lipinski definition) is 5. The van der Waals surface area contributed by atoms with Crippen molar-refractivity contribution < 1.29 is 14.6 Å². The summed E-state index contributed by atoms with van der Waals surface area (Å²) in [6.45, 7) is 5.13. The molecular weight excluding hydrogens is 230 g/mol. The van der Waals surface area contributed by atoms with Crippen molar-refractivity contribution in [2.75, 3.05) is 19.0 Å². The third kappa shape index (κ3) is 3.82. The van der Waals surface area contributed by atoms with Gasteiger partial charge in [-0.05, 0) is 13.8 Å². The van der Waals surface area contributed by atoms with Crippen LogP contribution in [0.3, 0.4) is 0 Å². The van der Waals surface area contributed by atoms with Gasteiger partial charge in [-0.3, -0.25) is 4.79 Å². The molecule has 0 saturated carbocycles. The third-order valence-corrected chi connectivity index (χ3v) is 2.84. The van der Waals surface area contributed by atoms with Crippen LogP contribution in [0.25, 0.3) is 0 Å². The molecule has 7 heteroatoms. The van der Waals surface area contributed by atoms with Gasteiger partial charge >= 0.3 is 5.97 Å². The summed E-state index contributed by atoms with van der Waals surface area (Å²) >= 11 is 1.16. The highest BCUT2D eigenvalue weighted by atomic mass is 32.2. The van der Waals surface area contributed by atoms with Gasteiger partial charge in [0.15, 0.2) is 5.16 Å². The zero-order chi connectivity index (χ0) is 12.0. The van der Waals surface area contributed by atoms with Gasteiger partial charge in [0.1, 0.15) is 6.33 Å². The SMILES string of the molecule is CCOCC(C)n1cnnc1SCC(=O)O. The fraction of sp³-hybridized carbons (Fsp3) is 0.667. The van der Waals surface area contributed by atoms with Crippen LogP contribution in [0.15, 0.2) is 11.5 Å². The summed E-state index contributed by atoms with van der Waals surface area (Å²) in [4.78, 5) is 10.4. The second kappa shape index (κ2) is 6.49. The van der Waals surface area contributed by atoms with Gasteiger partial charge in [0.25, 0.3) is 0 Å². The van der Waals surface area contributed by atoms with E-state index in [0.717, 1.165) is 11.8 Å². The van der Waals surface area contributed by atoms with Crippen molar-refractivity contribution in [3.63, 3.8) is 0 Å². The lowest BCUT2D eigenvalue weighted by atomic mass is 10.4. The number of aromatic nitrogens is 3. The first-order valence-corrected chi connectivity index (χ1v) is 5.95. The van der Waals surface area contributed by atoms with Crippen LogP contribution < -0.4 is 0 Å². The minimum atomic E-state index is -0.864. The lowest BCUT2D eigenvalue weighted by Crippen LogP contribution is -2.13. The van der Waals surface area contributed by atoms with Crippen LogP contribution in [0.2, 0.25) is 0 Å². The molecule has 0 aliphatic carbocycles. The van der Waals surface area contributed by atoms with E-state index in [4.69, 9.17) is 9.84 Å². The van der Waals surface area contributed by atoms with Crippen molar-refractivity contribution in [1.29, 1.82) is 0 Å². The molecule has 6 nitrogen and oxygen atoms in total. The molecule has 90 valence electrons. The minimum Gasteiger partial charge on any atom is -0.481 e. The molecule has 0 spiro atoms. The van der Waals surface area contributed by atoms with E-state index in [1.165, 1.54) is 0 Å². The fourth-order valence-electron chi connectivity index (χ4n) is 1.13. The molecular formula is C9H15N3O3S. The molecule has 0 radical (unpaired) electrons. The number of carbonyl (C=O) groups is 1. The molecule has 0 saturated heterocycles. The lowest BCUT2D eigenvalue weighted by Gasteiger charge is -2.14. The Labute approximate surface area is 98.0 Å². The first kappa shape index (κ1) is 13.0. The van der Waals surface area contributed by atoms with Gasteiger partial charge in [-0.2, -0.15) is 0 Å². The Balaban J connectivity index is 2.58. The summed E-state index contributed by atoms with van der Waals surface area (Å²) in [5.74, 6) is -0.878. The number of carboxylic acids is 1. The summed E-state index contributed by atoms with van der Waals surface area (Å²) in [5.41, 5.74) is 0. The van der Waals surface area contributed by atoms with Crippen molar-refractivity contribution in [3.05, 3.63) is 6.33 Å². The van der Waals surface area contributed by atoms with Crippen molar-refractivity contribution >= 4 is 17.7 Å². The van der Waals surface area contributed by atoms with Crippen molar-refractivity contribution in [3.8, 4) is 0 Å². The molecule has 1 N–H and O–H groups in total. The highest BCUT2D eigenvalue weighted by Gasteiger charge is 2.12. The van der Waals surface area contributed by atoms with E-state index in [2.05, 4.69) is 10.2 Å². The number of hydrogen-bond donors (Lipinski definition) is 1. The van der Waals surface area contributed by atoms with Crippen molar-refractivity contribution in [2.45, 2.75) is 25.0 Å². The zero-order valence-corrected chi connectivity index (χ0v) is 10.1. The molecule has 1 aromatic heterocycles. The van der Waals surface area contributed by atoms with Crippen molar-refractivity contribution in [2.24, 2.45) is 0 Å². The third-order valence-electron chi connectivity index (χ3n) is 1.90. The molecule has 1 atom stereocenters. The number of rotatable bonds is 7. The minimum absolute atomic E-state index is 0.0138. The molecule has 0 aromatic carbocycles. The molecule has 16 heavy (non-hydrogen) atoms. The summed E-state index contributed by atoms with van der Waals surface area (Å²) in [6, 6.07) is 0.103. The van der Waals surface area contributed by atoms with E-state index in [0.29, 0.717) is 18.4 Å². The first-order valence-electron chi connectivity index (χ1n) is 4.97. The molecule has 0 aliphatic heterocycles. The topological polar surface area (TPSA) is 77.2 Å². The highest BCUT2D eigenvalue weighted by molar-refractivity contribution is 7.99. The first-order chi connectivity index (χ1) is 7.65. The highest BCUT2D eigenvalue weighted by Crippen LogP contribution is 2.18. The van der Waals surface area contributed by atoms with Gasteiger partial charge in [-0.15, -0.1) is 10.2 Å². The van der Waals surface area contributed by atoms with E-state index in [-0.39, 0.29) is 11.8 Å². The molecule has 0 bridgehead atoms. The number of thioether (sulfide) groups is 1. The van der Waals surface area contributed by atoms with Gasteiger partial charge < -0.3 is 14.4 Å². The smallest absolute Gasteiger partial charge is 0.313 e. The Morgan fingerprint density at radius 2 is 2.50 bits per heavy atom. The molecule has 1 aromatic rings. The molecule has 1 heterocycles. The largest absolute Gasteiger partial charge is 0.481 e. The quantitative estimate of drug-likeness (QED) is 0.723. The van der Waals surface area contributed by atoms with Crippen LogP contribution in [0, 0.1) is 0 Å². The van der Waals surface area contributed by atoms with E-state index >= 15 is 0 Å². The standard InChI is InChI=1S/C9H15N3O3S/c1-3-15-4-7(2)12-6-10-11-9(12)16-5-8(13)14/h6-7H,3-5H2,1-2H3,(H,13,14). The molecule has 1 unspecified atom stereocenters. The van der Waals surface area contributed by atoms with E-state index in [1.807, 2.05) is 18.4 Å². The maximum Gasteiger partial charge on any atom is 0.313 e. The Morgan fingerprint density at radius 1 is 1.75 bits per heavy atom. The van der Waals surface area contributed by atoms with Gasteiger partial charge in [0.05, 0.1) is 18.4 Å². The van der Waals surface area contributed by atoms with E-state index in [9.17, 15) is 4.79 Å². The van der Waals surface area contributed by atoms with Crippen molar-refractivity contribution in [1.82, 2.24) is 14.8 Å². The number of aliphatic carboxylic acids is 1. The monoisotopic (exact) mass is 245 g/mol. The molecule has 0 amide bonds. The van der Waals surface area contributed by atoms with Gasteiger partial charge in [0, 0.05) is 6.61 Å². The van der Waals surface area contributed by atoms with E-state index in [1.54, 1.807) is 6.33 Å². The van der Waals surface area contributed by atoms with Crippen LogP contribution in [-0.2, 0) is 9.53 Å². The lowest BCUT2D eigenvalue weighted by molar-refractivity contribution is -0.133. The summed E-state index contributed by atoms with van der Waals surface area (Å²) in [6.07, 6.45) is 1.59. The maximum absolute atomic E-state index is 10.4. The average Bonchev–Trinajstić information content (AvgIpc) is 2.71. The number of ether oxygens (including phenoxy) is 1. The second-order valence-electron chi connectivity index (χ2n) is 3.21. The van der Waals surface area contributed by atoms with Gasteiger partial charge in [-0.25, -0.2) is 0 Å².